The van der Waals surface area contributed by atoms with Gasteiger partial charge in [0.15, 0.2) is 0 Å². The summed E-state index contributed by atoms with van der Waals surface area (Å²) in [5, 5.41) is 5.91. The van der Waals surface area contributed by atoms with E-state index in [9.17, 15) is 0 Å². The van der Waals surface area contributed by atoms with E-state index in [1.807, 2.05) is 98.7 Å². The summed E-state index contributed by atoms with van der Waals surface area (Å²) >= 11 is 17.6. The third-order valence-corrected chi connectivity index (χ3v) is 10.4. The first-order valence-corrected chi connectivity index (χ1v) is 32.2. The summed E-state index contributed by atoms with van der Waals surface area (Å²) in [4.78, 5) is 31.4. The fourth-order valence-electron chi connectivity index (χ4n) is 3.50. The van der Waals surface area contributed by atoms with Gasteiger partial charge >= 0.3 is 49.4 Å². The largest absolute Gasteiger partial charge is 0 e. The topological polar surface area (TPSA) is 122 Å². The number of aromatic amines is 1. The van der Waals surface area contributed by atoms with Crippen LogP contribution in [0.25, 0.3) is 33.1 Å². The summed E-state index contributed by atoms with van der Waals surface area (Å²) in [5.74, 6) is 0. The van der Waals surface area contributed by atoms with E-state index in [-0.39, 0.29) is 150 Å². The molecule has 12 nitrogen and oxygen atoms in total. The predicted octanol–water partition coefficient (Wildman–Crippen LogP) is 13.0. The molecule has 0 aliphatic heterocycles. The molecule has 6 aromatic rings. The fourth-order valence-corrected chi connectivity index (χ4v) is 4.92. The van der Waals surface area contributed by atoms with Gasteiger partial charge in [-0.3, -0.25) is 4.43 Å². The van der Waals surface area contributed by atoms with Crippen molar-refractivity contribution in [2.45, 2.75) is 46.4 Å². The Kier molecular flexibility index (Phi) is 76.4. The van der Waals surface area contributed by atoms with Gasteiger partial charge in [-0.25, -0.2) is 29.9 Å². The number of halogens is 7. The van der Waals surface area contributed by atoms with Crippen LogP contribution in [-0.4, -0.2) is 85.3 Å². The quantitative estimate of drug-likeness (QED) is 0.0769. The van der Waals surface area contributed by atoms with Gasteiger partial charge in [-0.1, -0.05) is 88.5 Å². The van der Waals surface area contributed by atoms with Gasteiger partial charge in [0.25, 0.3) is 0 Å². The Labute approximate surface area is 583 Å². The second-order valence-electron chi connectivity index (χ2n) is 10.7. The Balaban J connectivity index is -0.0000000936. The molecule has 6 rings (SSSR count). The summed E-state index contributed by atoms with van der Waals surface area (Å²) < 4.78 is 7.36. The molecule has 6 heterocycles. The van der Waals surface area contributed by atoms with Crippen molar-refractivity contribution in [3.63, 3.8) is 0 Å². The number of nitrogens with one attached hydrogen (secondary N) is 2. The number of nitrogens with zero attached hydrogens (tertiary/aromatic N) is 10. The van der Waals surface area contributed by atoms with Gasteiger partial charge in [0.1, 0.15) is 35.4 Å². The number of hydrogen-bond donors (Lipinski definition) is 2. The maximum Gasteiger partial charge on any atom is 0 e. The van der Waals surface area contributed by atoms with Crippen LogP contribution in [0.2, 0.25) is 0 Å². The first-order chi connectivity index (χ1) is 27.0. The Bertz CT molecular complexity index is 1830. The minimum Gasteiger partial charge on any atom is 0 e. The van der Waals surface area contributed by atoms with Crippen LogP contribution in [0, 0.1) is 131 Å². The van der Waals surface area contributed by atoms with Crippen molar-refractivity contribution in [3.05, 3.63) is 78.9 Å². The SMILES string of the molecule is CCC(I)(I)I.CC[CH-]I.CN(C)c1c[nH]c2ncncc12.CN(C)c1cn(P)c2ncncc12.CNC.Pn1cc(Br)c2cncnc21.[Ar].[Ar].[Ar].[CH2-]C.[CH2-]CC.[I][V][I].[V].[V]. The fraction of sp³-hybridized carbons (Fsp3) is 0.400. The Morgan fingerprint density at radius 1 is 0.790 bits per heavy atom. The molecule has 0 spiro atoms. The summed E-state index contributed by atoms with van der Waals surface area (Å²) in [6.45, 7) is 14.8. The van der Waals surface area contributed by atoms with Crippen molar-refractivity contribution in [1.29, 1.82) is 0 Å². The molecule has 62 heavy (non-hydrogen) atoms. The standard InChI is InChI=1S/C8H11N4P.C8H10N4.C6H5BrN3P.C3H5I3.C3H6I.C3H7.C2H7N.C2H5.3Ar.2HI.3V/c1-11(2)7-4-12(13)8-6(7)3-9-5-10-8;1-12(2)7-4-10-8-6(7)3-9-5-11-8;7-5-2-10(11)6-4(5)1-8-3-9-6;1-2-3(4,5)6;1-2-3-4;2*1-3-2;1-2;;;;;;;;/h3-5H,13H2,1-2H3;3-5H,1-2H3,(H,9,10,11);1-3H,11H2;2H2,1H3;3H,2H2,1H3;1,3H2,2H3;3H,1-2H3;1H2,2H3;;;;2*1H;;;/q;;;;2*-1;;-1;;;;;;;;+2/p-2. The van der Waals surface area contributed by atoms with E-state index in [1.165, 1.54) is 25.5 Å². The van der Waals surface area contributed by atoms with Crippen LogP contribution in [0.15, 0.2) is 60.6 Å². The number of anilines is 2. The van der Waals surface area contributed by atoms with Gasteiger partial charge in [0.2, 0.25) is 0 Å². The molecule has 0 saturated carbocycles. The molecule has 0 amide bonds. The number of aromatic nitrogens is 9. The Morgan fingerprint density at radius 2 is 1.13 bits per heavy atom. The van der Waals surface area contributed by atoms with Crippen LogP contribution >= 0.6 is 165 Å². The van der Waals surface area contributed by atoms with Crippen molar-refractivity contribution in [2.24, 2.45) is 0 Å². The van der Waals surface area contributed by atoms with E-state index < -0.39 is 0 Å². The number of hydrogen-bond acceptors (Lipinski definition) is 9. The van der Waals surface area contributed by atoms with Crippen molar-refractivity contribution < 1.29 is 160 Å². The van der Waals surface area contributed by atoms with Crippen LogP contribution < -0.4 is 15.1 Å². The molecule has 2 unspecified atom stereocenters. The van der Waals surface area contributed by atoms with Crippen LogP contribution in [0.5, 0.6) is 0 Å². The zero-order valence-electron chi connectivity index (χ0n) is 36.0. The average Bonchev–Trinajstić information content (AvgIpc) is 3.87. The number of H-pyrrole nitrogens is 1. The first kappa shape index (κ1) is 85.4. The van der Waals surface area contributed by atoms with E-state index in [1.54, 1.807) is 19.4 Å². The van der Waals surface area contributed by atoms with Gasteiger partial charge in [-0.2, -0.15) is 19.8 Å². The normalized spacial score (nSPS) is 8.73. The van der Waals surface area contributed by atoms with E-state index in [0.717, 1.165) is 55.4 Å². The molecule has 0 aliphatic rings. The molecule has 6 aromatic heterocycles. The first-order valence-electron chi connectivity index (χ1n) is 16.9. The summed E-state index contributed by atoms with van der Waals surface area (Å²) in [6, 6.07) is 0. The molecule has 27 heteroatoms. The van der Waals surface area contributed by atoms with Crippen LogP contribution in [0.4, 0.5) is 11.4 Å². The molecule has 0 aromatic carbocycles. The minimum absolute atomic E-state index is 0. The van der Waals surface area contributed by atoms with Crippen molar-refractivity contribution in [2.75, 3.05) is 52.1 Å². The van der Waals surface area contributed by atoms with Crippen molar-refractivity contribution in [1.82, 2.24) is 48.9 Å². The molecule has 0 bridgehead atoms. The van der Waals surface area contributed by atoms with Crippen LogP contribution in [0.3, 0.4) is 0 Å². The van der Waals surface area contributed by atoms with E-state index >= 15 is 0 Å². The molecule has 357 valence electrons. The van der Waals surface area contributed by atoms with E-state index in [2.05, 4.69) is 237 Å². The van der Waals surface area contributed by atoms with E-state index in [4.69, 9.17) is 0 Å². The summed E-state index contributed by atoms with van der Waals surface area (Å²) in [6.07, 6.45) is 19.4. The Morgan fingerprint density at radius 3 is 1.48 bits per heavy atom. The molecule has 0 saturated heterocycles. The van der Waals surface area contributed by atoms with Gasteiger partial charge in [0.05, 0.1) is 27.5 Å². The van der Waals surface area contributed by atoms with Crippen LogP contribution in [-0.2, 0) is 46.6 Å². The number of alkyl halides is 3. The number of fused-ring (bicyclic) bond motifs is 3. The molecular weight excluding hydrogens is 1760 g/mol. The Hall–Kier alpha value is 6.67. The molecule has 2 radical (unpaired) electrons. The summed E-state index contributed by atoms with van der Waals surface area (Å²) in [7, 11) is 17.6. The van der Waals surface area contributed by atoms with Gasteiger partial charge in [0, 0.05) is 220 Å². The monoisotopic (exact) mass is 1820 g/mol. The smallest absolute Gasteiger partial charge is 0 e. The van der Waals surface area contributed by atoms with Gasteiger partial charge in [-0.05, 0) is 55.2 Å². The zero-order chi connectivity index (χ0) is 44.6. The second kappa shape index (κ2) is 55.4. The third-order valence-electron chi connectivity index (χ3n) is 5.77. The maximum atomic E-state index is 4.19. The third kappa shape index (κ3) is 40.1. The van der Waals surface area contributed by atoms with Gasteiger partial charge < -0.3 is 65.2 Å². The molecule has 2 N–H and O–H groups in total. The molecular formula is C35H56Ar3BrI6N12P2V3-3. The number of rotatable bonds is 4. The maximum absolute atomic E-state index is 4.19. The van der Waals surface area contributed by atoms with Crippen LogP contribution in [0.1, 0.15) is 47.0 Å². The zero-order valence-corrected chi connectivity index (χ0v) is 59.1. The average molecular weight is 1820 g/mol. The minimum atomic E-state index is 0. The molecule has 2 atom stereocenters. The molecule has 0 aliphatic carbocycles. The van der Waals surface area contributed by atoms with Crippen molar-refractivity contribution >= 4 is 210 Å². The van der Waals surface area contributed by atoms with E-state index in [0.29, 0.717) is 8.90 Å². The van der Waals surface area contributed by atoms with Gasteiger partial charge in [-0.15, -0.1) is 0 Å². The molecule has 0 fully saturated rings. The van der Waals surface area contributed by atoms with Crippen molar-refractivity contribution in [3.8, 4) is 0 Å². The second-order valence-corrected chi connectivity index (χ2v) is 37.0. The summed E-state index contributed by atoms with van der Waals surface area (Å²) in [5.41, 5.74) is 4.98. The predicted molar refractivity (Wildman–Crippen MR) is 309 cm³/mol.